The van der Waals surface area contributed by atoms with Crippen LogP contribution in [0.5, 0.6) is 0 Å². The van der Waals surface area contributed by atoms with E-state index in [1.807, 2.05) is 0 Å². The van der Waals surface area contributed by atoms with Crippen molar-refractivity contribution < 1.29 is 13.2 Å². The molecule has 92 valence electrons. The molecule has 0 amide bonds. The average Bonchev–Trinajstić information content (AvgIpc) is 2.65. The molecule has 0 radical (unpaired) electrons. The molecule has 1 aromatic rings. The normalized spacial score (nSPS) is 27.7. The summed E-state index contributed by atoms with van der Waals surface area (Å²) in [5.41, 5.74) is 1.43. The third-order valence-corrected chi connectivity index (χ3v) is 3.87. The monoisotopic (exact) mass is 241 g/mol. The molecule has 2 aliphatic rings. The van der Waals surface area contributed by atoms with Crippen molar-refractivity contribution in [3.8, 4) is 0 Å². The summed E-state index contributed by atoms with van der Waals surface area (Å²) >= 11 is 0. The number of hydrogen-bond acceptors (Lipinski definition) is 1. The molecule has 0 spiro atoms. The van der Waals surface area contributed by atoms with E-state index >= 15 is 0 Å². The van der Waals surface area contributed by atoms with Gasteiger partial charge in [0, 0.05) is 6.04 Å². The molecule has 2 atom stereocenters. The number of piperidine rings is 1. The van der Waals surface area contributed by atoms with Gasteiger partial charge in [-0.3, -0.25) is 0 Å². The van der Waals surface area contributed by atoms with Crippen LogP contribution in [0, 0.1) is 5.92 Å². The van der Waals surface area contributed by atoms with Crippen LogP contribution in [-0.2, 0) is 12.6 Å². The Balaban J connectivity index is 1.97. The zero-order valence-electron chi connectivity index (χ0n) is 9.35. The Morgan fingerprint density at radius 1 is 1.24 bits per heavy atom. The summed E-state index contributed by atoms with van der Waals surface area (Å²) in [5.74, 6) is 0.488. The molecule has 1 N–H and O–H groups in total. The van der Waals surface area contributed by atoms with Crippen molar-refractivity contribution in [2.45, 2.75) is 31.5 Å². The van der Waals surface area contributed by atoms with Crippen LogP contribution in [0.3, 0.4) is 0 Å². The van der Waals surface area contributed by atoms with Crippen molar-refractivity contribution in [3.63, 3.8) is 0 Å². The highest BCUT2D eigenvalue weighted by atomic mass is 19.4. The van der Waals surface area contributed by atoms with Gasteiger partial charge in [0.05, 0.1) is 5.56 Å². The van der Waals surface area contributed by atoms with Gasteiger partial charge in [0.2, 0.25) is 0 Å². The summed E-state index contributed by atoms with van der Waals surface area (Å²) in [6.07, 6.45) is -1.19. The summed E-state index contributed by atoms with van der Waals surface area (Å²) in [6.45, 7) is 0.974. The van der Waals surface area contributed by atoms with Crippen LogP contribution in [0.25, 0.3) is 0 Å². The summed E-state index contributed by atoms with van der Waals surface area (Å²) in [4.78, 5) is 0. The zero-order valence-corrected chi connectivity index (χ0v) is 9.35. The molecule has 1 aliphatic carbocycles. The lowest BCUT2D eigenvalue weighted by Crippen LogP contribution is -2.31. The van der Waals surface area contributed by atoms with Crippen molar-refractivity contribution in [2.24, 2.45) is 5.92 Å². The Morgan fingerprint density at radius 2 is 2.06 bits per heavy atom. The molecule has 1 saturated heterocycles. The Kier molecular flexibility index (Phi) is 2.43. The first-order chi connectivity index (χ1) is 8.05. The van der Waals surface area contributed by atoms with E-state index in [1.165, 1.54) is 12.1 Å². The Labute approximate surface area is 98.0 Å². The van der Waals surface area contributed by atoms with Gasteiger partial charge in [0.25, 0.3) is 0 Å². The largest absolute Gasteiger partial charge is 0.416 e. The van der Waals surface area contributed by atoms with Gasteiger partial charge in [0.1, 0.15) is 0 Å². The predicted octanol–water partition coefficient (Wildman–Crippen LogP) is 3.30. The quantitative estimate of drug-likeness (QED) is 0.734. The van der Waals surface area contributed by atoms with Crippen molar-refractivity contribution in [2.75, 3.05) is 6.54 Å². The lowest BCUT2D eigenvalue weighted by Gasteiger charge is -2.27. The van der Waals surface area contributed by atoms with E-state index < -0.39 is 11.7 Å². The van der Waals surface area contributed by atoms with Crippen LogP contribution in [0.2, 0.25) is 0 Å². The van der Waals surface area contributed by atoms with Crippen molar-refractivity contribution in [1.29, 1.82) is 0 Å². The number of hydrogen-bond donors (Lipinski definition) is 1. The van der Waals surface area contributed by atoms with Crippen LogP contribution >= 0.6 is 0 Å². The molecule has 1 aliphatic heterocycles. The minimum Gasteiger partial charge on any atom is -0.310 e. The van der Waals surface area contributed by atoms with E-state index in [9.17, 15) is 13.2 Å². The van der Waals surface area contributed by atoms with E-state index in [-0.39, 0.29) is 6.04 Å². The fourth-order valence-corrected chi connectivity index (χ4v) is 3.08. The second kappa shape index (κ2) is 3.73. The zero-order chi connectivity index (χ0) is 12.0. The molecule has 17 heavy (non-hydrogen) atoms. The smallest absolute Gasteiger partial charge is 0.310 e. The highest BCUT2D eigenvalue weighted by molar-refractivity contribution is 5.40. The fourth-order valence-electron chi connectivity index (χ4n) is 3.08. The van der Waals surface area contributed by atoms with Crippen LogP contribution in [0.1, 0.15) is 35.6 Å². The van der Waals surface area contributed by atoms with Gasteiger partial charge < -0.3 is 5.32 Å². The maximum Gasteiger partial charge on any atom is 0.416 e. The Morgan fingerprint density at radius 3 is 2.82 bits per heavy atom. The lowest BCUT2D eigenvalue weighted by atomic mass is 9.92. The molecule has 3 rings (SSSR count). The van der Waals surface area contributed by atoms with E-state index in [4.69, 9.17) is 0 Å². The van der Waals surface area contributed by atoms with E-state index in [0.29, 0.717) is 5.92 Å². The molecule has 4 heteroatoms. The Bertz CT molecular complexity index is 439. The summed E-state index contributed by atoms with van der Waals surface area (Å²) in [6, 6.07) is 4.47. The third kappa shape index (κ3) is 1.84. The van der Waals surface area contributed by atoms with Gasteiger partial charge in [0.15, 0.2) is 0 Å². The number of fused-ring (bicyclic) bond motifs is 3. The fraction of sp³-hybridized carbons (Fsp3) is 0.538. The first-order valence-electron chi connectivity index (χ1n) is 5.99. The molecule has 1 fully saturated rings. The minimum absolute atomic E-state index is 0.279. The Hall–Kier alpha value is -1.03. The lowest BCUT2D eigenvalue weighted by molar-refractivity contribution is -0.137. The molecule has 1 aromatic carbocycles. The first kappa shape index (κ1) is 11.1. The van der Waals surface area contributed by atoms with Crippen LogP contribution < -0.4 is 5.32 Å². The molecule has 2 unspecified atom stereocenters. The molecule has 0 bridgehead atoms. The number of rotatable bonds is 0. The average molecular weight is 241 g/mol. The SMILES string of the molecule is FC(F)(F)c1ccc2c(c1)CC1CCCNC21. The number of benzene rings is 1. The number of nitrogens with one attached hydrogen (secondary N) is 1. The molecular formula is C13H14F3N. The maximum atomic E-state index is 12.6. The summed E-state index contributed by atoms with van der Waals surface area (Å²) in [7, 11) is 0. The van der Waals surface area contributed by atoms with Crippen LogP contribution in [0.4, 0.5) is 13.2 Å². The van der Waals surface area contributed by atoms with Crippen LogP contribution in [-0.4, -0.2) is 6.54 Å². The van der Waals surface area contributed by atoms with Crippen LogP contribution in [0.15, 0.2) is 18.2 Å². The highest BCUT2D eigenvalue weighted by Crippen LogP contribution is 2.42. The first-order valence-corrected chi connectivity index (χ1v) is 5.99. The van der Waals surface area contributed by atoms with Gasteiger partial charge in [-0.05, 0) is 55.0 Å². The molecule has 0 aromatic heterocycles. The van der Waals surface area contributed by atoms with Gasteiger partial charge >= 0.3 is 6.18 Å². The molecule has 1 heterocycles. The minimum atomic E-state index is -4.23. The van der Waals surface area contributed by atoms with Crippen molar-refractivity contribution in [3.05, 3.63) is 34.9 Å². The van der Waals surface area contributed by atoms with Gasteiger partial charge in [-0.1, -0.05) is 6.07 Å². The van der Waals surface area contributed by atoms with E-state index in [2.05, 4.69) is 5.32 Å². The highest BCUT2D eigenvalue weighted by Gasteiger charge is 2.37. The van der Waals surface area contributed by atoms with E-state index in [0.717, 1.165) is 36.9 Å². The predicted molar refractivity (Wildman–Crippen MR) is 58.6 cm³/mol. The van der Waals surface area contributed by atoms with E-state index in [1.54, 1.807) is 6.07 Å². The second-order valence-electron chi connectivity index (χ2n) is 4.95. The number of alkyl halides is 3. The molecule has 0 saturated carbocycles. The van der Waals surface area contributed by atoms with Crippen molar-refractivity contribution >= 4 is 0 Å². The summed E-state index contributed by atoms with van der Waals surface area (Å²) in [5, 5.41) is 3.41. The third-order valence-electron chi connectivity index (χ3n) is 3.87. The second-order valence-corrected chi connectivity index (χ2v) is 4.95. The maximum absolute atomic E-state index is 12.6. The van der Waals surface area contributed by atoms with Crippen molar-refractivity contribution in [1.82, 2.24) is 5.32 Å². The topological polar surface area (TPSA) is 12.0 Å². The van der Waals surface area contributed by atoms with Gasteiger partial charge in [-0.15, -0.1) is 0 Å². The molecule has 1 nitrogen and oxygen atoms in total. The number of halogens is 3. The molecular weight excluding hydrogens is 227 g/mol. The standard InChI is InChI=1S/C13H14F3N/c14-13(15,16)10-3-4-11-9(7-10)6-8-2-1-5-17-12(8)11/h3-4,7-8,12,17H,1-2,5-6H2. The van der Waals surface area contributed by atoms with Gasteiger partial charge in [-0.2, -0.15) is 13.2 Å². The summed E-state index contributed by atoms with van der Waals surface area (Å²) < 4.78 is 37.8. The van der Waals surface area contributed by atoms with Gasteiger partial charge in [-0.25, -0.2) is 0 Å².